The number of amides is 2. The molecule has 0 radical (unpaired) electrons. The molecule has 5 heteroatoms. The summed E-state index contributed by atoms with van der Waals surface area (Å²) in [7, 11) is 1.64. The van der Waals surface area contributed by atoms with Crippen LogP contribution in [0.5, 0.6) is 0 Å². The van der Waals surface area contributed by atoms with Gasteiger partial charge in [0, 0.05) is 37.9 Å². The third-order valence-corrected chi connectivity index (χ3v) is 4.34. The van der Waals surface area contributed by atoms with Gasteiger partial charge in [0.15, 0.2) is 0 Å². The molecule has 0 atom stereocenters. The quantitative estimate of drug-likeness (QED) is 0.534. The lowest BCUT2D eigenvalue weighted by Gasteiger charge is -2.13. The largest absolute Gasteiger partial charge is 0.385 e. The predicted octanol–water partition coefficient (Wildman–Crippen LogP) is 3.07. The van der Waals surface area contributed by atoms with Crippen LogP contribution in [0.4, 0.5) is 0 Å². The van der Waals surface area contributed by atoms with Crippen LogP contribution in [-0.2, 0) is 4.74 Å². The Morgan fingerprint density at radius 1 is 1.00 bits per heavy atom. The van der Waals surface area contributed by atoms with Crippen LogP contribution in [0.1, 0.15) is 59.2 Å². The minimum atomic E-state index is -0.132. The Morgan fingerprint density at radius 2 is 1.64 bits per heavy atom. The van der Waals surface area contributed by atoms with E-state index in [4.69, 9.17) is 4.74 Å². The number of carbonyl (C=O) groups is 2. The molecule has 1 aromatic rings. The highest BCUT2D eigenvalue weighted by Gasteiger charge is 2.09. The predicted molar refractivity (Wildman–Crippen MR) is 98.8 cm³/mol. The zero-order valence-electron chi connectivity index (χ0n) is 15.0. The van der Waals surface area contributed by atoms with Gasteiger partial charge in [-0.2, -0.15) is 0 Å². The molecule has 1 aliphatic rings. The van der Waals surface area contributed by atoms with E-state index in [1.807, 2.05) is 0 Å². The maximum absolute atomic E-state index is 12.2. The number of rotatable bonds is 9. The molecule has 2 rings (SSSR count). The highest BCUT2D eigenvalue weighted by Crippen LogP contribution is 2.19. The second kappa shape index (κ2) is 10.7. The summed E-state index contributed by atoms with van der Waals surface area (Å²) in [6.45, 7) is 1.85. The van der Waals surface area contributed by atoms with E-state index in [0.717, 1.165) is 25.7 Å². The first-order valence-electron chi connectivity index (χ1n) is 9.04. The first kappa shape index (κ1) is 19.2. The fourth-order valence-corrected chi connectivity index (χ4v) is 2.86. The average Bonchev–Trinajstić information content (AvgIpc) is 2.66. The van der Waals surface area contributed by atoms with E-state index in [0.29, 0.717) is 30.8 Å². The zero-order chi connectivity index (χ0) is 17.9. The summed E-state index contributed by atoms with van der Waals surface area (Å²) in [6, 6.07) is 6.76. The number of benzene rings is 1. The highest BCUT2D eigenvalue weighted by molar-refractivity contribution is 5.97. The van der Waals surface area contributed by atoms with Crippen molar-refractivity contribution in [2.24, 2.45) is 0 Å². The molecule has 1 aliphatic carbocycles. The Labute approximate surface area is 149 Å². The first-order chi connectivity index (χ1) is 12.2. The summed E-state index contributed by atoms with van der Waals surface area (Å²) in [6.07, 6.45) is 8.86. The van der Waals surface area contributed by atoms with Crippen LogP contribution in [0.15, 0.2) is 35.9 Å². The van der Waals surface area contributed by atoms with Gasteiger partial charge in [0.2, 0.25) is 0 Å². The van der Waals surface area contributed by atoms with E-state index < -0.39 is 0 Å². The van der Waals surface area contributed by atoms with Crippen LogP contribution in [-0.4, -0.2) is 38.6 Å². The van der Waals surface area contributed by atoms with Gasteiger partial charge in [0.25, 0.3) is 11.8 Å². The van der Waals surface area contributed by atoms with Crippen molar-refractivity contribution in [3.63, 3.8) is 0 Å². The Balaban J connectivity index is 1.75. The molecule has 2 N–H and O–H groups in total. The lowest BCUT2D eigenvalue weighted by atomic mass is 9.97. The summed E-state index contributed by atoms with van der Waals surface area (Å²) >= 11 is 0. The van der Waals surface area contributed by atoms with E-state index >= 15 is 0 Å². The van der Waals surface area contributed by atoms with Crippen LogP contribution in [0.3, 0.4) is 0 Å². The average molecular weight is 344 g/mol. The van der Waals surface area contributed by atoms with Gasteiger partial charge in [-0.05, 0) is 62.8 Å². The Hall–Kier alpha value is -2.14. The first-order valence-corrected chi connectivity index (χ1v) is 9.04. The molecule has 0 saturated carbocycles. The fraction of sp³-hybridized carbons (Fsp3) is 0.500. The van der Waals surface area contributed by atoms with Crippen molar-refractivity contribution in [1.82, 2.24) is 10.6 Å². The van der Waals surface area contributed by atoms with E-state index in [9.17, 15) is 9.59 Å². The molecule has 2 amide bonds. The monoisotopic (exact) mass is 344 g/mol. The van der Waals surface area contributed by atoms with Crippen molar-refractivity contribution in [3.05, 3.63) is 47.0 Å². The lowest BCUT2D eigenvalue weighted by Crippen LogP contribution is -2.26. The van der Waals surface area contributed by atoms with E-state index in [-0.39, 0.29) is 11.8 Å². The smallest absolute Gasteiger partial charge is 0.251 e. The number of ether oxygens (including phenoxy) is 1. The lowest BCUT2D eigenvalue weighted by molar-refractivity contribution is 0.0939. The van der Waals surface area contributed by atoms with Gasteiger partial charge < -0.3 is 15.4 Å². The molecule has 0 aromatic heterocycles. The van der Waals surface area contributed by atoms with Crippen LogP contribution in [0.25, 0.3) is 0 Å². The second-order valence-corrected chi connectivity index (χ2v) is 6.29. The van der Waals surface area contributed by atoms with Gasteiger partial charge in [-0.15, -0.1) is 0 Å². The highest BCUT2D eigenvalue weighted by atomic mass is 16.5. The second-order valence-electron chi connectivity index (χ2n) is 6.29. The van der Waals surface area contributed by atoms with E-state index in [2.05, 4.69) is 16.7 Å². The van der Waals surface area contributed by atoms with Crippen LogP contribution < -0.4 is 10.6 Å². The fourth-order valence-electron chi connectivity index (χ4n) is 2.86. The molecule has 136 valence electrons. The van der Waals surface area contributed by atoms with Gasteiger partial charge in [0.05, 0.1) is 0 Å². The molecule has 0 saturated heterocycles. The van der Waals surface area contributed by atoms with Crippen molar-refractivity contribution in [1.29, 1.82) is 0 Å². The number of nitrogens with one attached hydrogen (secondary N) is 2. The number of hydrogen-bond acceptors (Lipinski definition) is 3. The van der Waals surface area contributed by atoms with Gasteiger partial charge >= 0.3 is 0 Å². The number of allylic oxidation sites excluding steroid dienone is 1. The van der Waals surface area contributed by atoms with Crippen LogP contribution in [0.2, 0.25) is 0 Å². The molecular formula is C20H28N2O3. The number of hydrogen-bond donors (Lipinski definition) is 2. The van der Waals surface area contributed by atoms with Crippen molar-refractivity contribution in [2.75, 3.05) is 26.8 Å². The molecule has 25 heavy (non-hydrogen) atoms. The normalized spacial score (nSPS) is 13.9. The van der Waals surface area contributed by atoms with Crippen LogP contribution >= 0.6 is 0 Å². The maximum atomic E-state index is 12.2. The molecule has 0 bridgehead atoms. The molecule has 0 aliphatic heterocycles. The molecule has 5 nitrogen and oxygen atoms in total. The standard InChI is InChI=1S/C20H28N2O3/c1-25-15-5-13-21-19(23)17-8-10-18(11-9-17)20(24)22-14-12-16-6-3-2-4-7-16/h6,8-11H,2-5,7,12-15H2,1H3,(H,21,23)(H,22,24). The van der Waals surface area contributed by atoms with Crippen molar-refractivity contribution in [3.8, 4) is 0 Å². The Morgan fingerprint density at radius 3 is 2.20 bits per heavy atom. The Bertz CT molecular complexity index is 593. The van der Waals surface area contributed by atoms with Gasteiger partial charge in [0.1, 0.15) is 0 Å². The van der Waals surface area contributed by atoms with Crippen molar-refractivity contribution in [2.45, 2.75) is 38.5 Å². The van der Waals surface area contributed by atoms with E-state index in [1.165, 1.54) is 18.4 Å². The third-order valence-electron chi connectivity index (χ3n) is 4.34. The topological polar surface area (TPSA) is 67.4 Å². The van der Waals surface area contributed by atoms with Crippen LogP contribution in [0, 0.1) is 0 Å². The summed E-state index contributed by atoms with van der Waals surface area (Å²) < 4.78 is 4.94. The summed E-state index contributed by atoms with van der Waals surface area (Å²) in [5.41, 5.74) is 2.59. The van der Waals surface area contributed by atoms with Gasteiger partial charge in [-0.25, -0.2) is 0 Å². The summed E-state index contributed by atoms with van der Waals surface area (Å²) in [5, 5.41) is 5.78. The van der Waals surface area contributed by atoms with Gasteiger partial charge in [-0.1, -0.05) is 11.6 Å². The van der Waals surface area contributed by atoms with Crippen molar-refractivity contribution >= 4 is 11.8 Å². The number of carbonyl (C=O) groups excluding carboxylic acids is 2. The molecule has 0 spiro atoms. The minimum Gasteiger partial charge on any atom is -0.385 e. The molecule has 0 heterocycles. The maximum Gasteiger partial charge on any atom is 0.251 e. The molecular weight excluding hydrogens is 316 g/mol. The SMILES string of the molecule is COCCCNC(=O)c1ccc(C(=O)NCCC2=CCCCC2)cc1. The minimum absolute atomic E-state index is 0.0940. The van der Waals surface area contributed by atoms with E-state index in [1.54, 1.807) is 31.4 Å². The summed E-state index contributed by atoms with van der Waals surface area (Å²) in [5.74, 6) is -0.226. The summed E-state index contributed by atoms with van der Waals surface area (Å²) in [4.78, 5) is 24.1. The molecule has 1 aromatic carbocycles. The Kier molecular flexibility index (Phi) is 8.19. The molecule has 0 fully saturated rings. The zero-order valence-corrected chi connectivity index (χ0v) is 15.0. The van der Waals surface area contributed by atoms with Crippen molar-refractivity contribution < 1.29 is 14.3 Å². The molecule has 0 unspecified atom stereocenters. The third kappa shape index (κ3) is 6.70. The number of methoxy groups -OCH3 is 1. The van der Waals surface area contributed by atoms with Gasteiger partial charge in [-0.3, -0.25) is 9.59 Å².